The maximum atomic E-state index is 13.2. The topological polar surface area (TPSA) is 92.8 Å². The third kappa shape index (κ3) is 4.99. The van der Waals surface area contributed by atoms with Gasteiger partial charge in [0.2, 0.25) is 10.0 Å². The zero-order chi connectivity index (χ0) is 22.2. The Morgan fingerprint density at radius 1 is 0.967 bits per heavy atom. The van der Waals surface area contributed by atoms with Gasteiger partial charge in [0.25, 0.3) is 5.91 Å². The summed E-state index contributed by atoms with van der Waals surface area (Å²) < 4.78 is 30.9. The Balaban J connectivity index is 1.86. The van der Waals surface area contributed by atoms with Gasteiger partial charge in [-0.05, 0) is 56.9 Å². The van der Waals surface area contributed by atoms with Crippen LogP contribution in [0.3, 0.4) is 0 Å². The van der Waals surface area contributed by atoms with Gasteiger partial charge >= 0.3 is 6.09 Å². The second-order valence-electron chi connectivity index (χ2n) is 8.45. The van der Waals surface area contributed by atoms with Crippen molar-refractivity contribution in [2.75, 3.05) is 10.6 Å². The van der Waals surface area contributed by atoms with Gasteiger partial charge in [0.1, 0.15) is 11.1 Å². The van der Waals surface area contributed by atoms with Crippen LogP contribution in [0.5, 0.6) is 0 Å². The molecule has 2 aromatic rings. The van der Waals surface area contributed by atoms with Crippen LogP contribution in [0.2, 0.25) is 0 Å². The minimum atomic E-state index is -3.92. The van der Waals surface area contributed by atoms with Gasteiger partial charge in [-0.3, -0.25) is 4.79 Å². The van der Waals surface area contributed by atoms with Gasteiger partial charge in [0.15, 0.2) is 0 Å². The maximum Gasteiger partial charge on any atom is 0.408 e. The number of ether oxygens (including phenoxy) is 1. The summed E-state index contributed by atoms with van der Waals surface area (Å²) in [7, 11) is -3.92. The fourth-order valence-electron chi connectivity index (χ4n) is 3.09. The molecule has 1 saturated carbocycles. The van der Waals surface area contributed by atoms with Crippen molar-refractivity contribution in [2.24, 2.45) is 0 Å². The van der Waals surface area contributed by atoms with Gasteiger partial charge in [-0.1, -0.05) is 42.5 Å². The van der Waals surface area contributed by atoms with Gasteiger partial charge in [-0.25, -0.2) is 17.5 Å². The quantitative estimate of drug-likeness (QED) is 0.781. The molecule has 2 aromatic carbocycles. The number of benzene rings is 2. The van der Waals surface area contributed by atoms with Gasteiger partial charge in [0.05, 0.1) is 11.9 Å². The van der Waals surface area contributed by atoms with Gasteiger partial charge in [0, 0.05) is 0 Å². The normalized spacial score (nSPS) is 15.2. The standard InChI is InChI=1S/C22H26N2O5S/c1-21(2,3)29-20(26)23-22(14-15-22)19(25)24(30(4,27)28)18-12-10-17(11-13-18)16-8-6-5-7-9-16/h5-13H,14-15H2,1-4H3,(H,23,26). The lowest BCUT2D eigenvalue weighted by atomic mass is 10.1. The number of sulfonamides is 1. The monoisotopic (exact) mass is 430 g/mol. The molecule has 30 heavy (non-hydrogen) atoms. The molecular weight excluding hydrogens is 404 g/mol. The lowest BCUT2D eigenvalue weighted by molar-refractivity contribution is -0.120. The number of rotatable bonds is 5. The van der Waals surface area contributed by atoms with Crippen molar-refractivity contribution < 1.29 is 22.7 Å². The molecule has 160 valence electrons. The largest absolute Gasteiger partial charge is 0.444 e. The number of nitrogens with one attached hydrogen (secondary N) is 1. The van der Waals surface area contributed by atoms with Crippen molar-refractivity contribution in [3.8, 4) is 11.1 Å². The Bertz CT molecular complexity index is 1040. The average molecular weight is 431 g/mol. The molecule has 2 amide bonds. The molecule has 1 fully saturated rings. The van der Waals surface area contributed by atoms with Gasteiger partial charge in [-0.15, -0.1) is 0 Å². The zero-order valence-electron chi connectivity index (χ0n) is 17.5. The Morgan fingerprint density at radius 3 is 1.97 bits per heavy atom. The number of hydrogen-bond acceptors (Lipinski definition) is 5. The van der Waals surface area contributed by atoms with Crippen molar-refractivity contribution in [3.63, 3.8) is 0 Å². The summed E-state index contributed by atoms with van der Waals surface area (Å²) in [5, 5.41) is 2.57. The van der Waals surface area contributed by atoms with E-state index in [9.17, 15) is 18.0 Å². The summed E-state index contributed by atoms with van der Waals surface area (Å²) >= 11 is 0. The first-order chi connectivity index (χ1) is 13.9. The van der Waals surface area contributed by atoms with Crippen LogP contribution in [0, 0.1) is 0 Å². The molecule has 1 aliphatic carbocycles. The predicted molar refractivity (Wildman–Crippen MR) is 116 cm³/mol. The predicted octanol–water partition coefficient (Wildman–Crippen LogP) is 3.70. The number of alkyl carbamates (subject to hydrolysis) is 1. The lowest BCUT2D eigenvalue weighted by Crippen LogP contribution is -2.53. The van der Waals surface area contributed by atoms with E-state index in [0.717, 1.165) is 21.7 Å². The molecule has 3 rings (SSSR count). The minimum absolute atomic E-state index is 0.222. The molecular formula is C22H26N2O5S. The van der Waals surface area contributed by atoms with E-state index in [4.69, 9.17) is 4.74 Å². The first-order valence-electron chi connectivity index (χ1n) is 9.63. The van der Waals surface area contributed by atoms with E-state index in [-0.39, 0.29) is 5.69 Å². The van der Waals surface area contributed by atoms with E-state index in [2.05, 4.69) is 5.32 Å². The SMILES string of the molecule is CC(C)(C)OC(=O)NC1(C(=O)N(c2ccc(-c3ccccc3)cc2)S(C)(=O)=O)CC1. The molecule has 0 atom stereocenters. The highest BCUT2D eigenvalue weighted by Crippen LogP contribution is 2.39. The zero-order valence-corrected chi connectivity index (χ0v) is 18.3. The van der Waals surface area contributed by atoms with E-state index in [1.807, 2.05) is 30.3 Å². The summed E-state index contributed by atoms with van der Waals surface area (Å²) in [5.41, 5.74) is 0.0931. The Hall–Kier alpha value is -2.87. The van der Waals surface area contributed by atoms with E-state index < -0.39 is 33.2 Å². The van der Waals surface area contributed by atoms with Crippen LogP contribution >= 0.6 is 0 Å². The smallest absolute Gasteiger partial charge is 0.408 e. The van der Waals surface area contributed by atoms with E-state index in [0.29, 0.717) is 12.8 Å². The van der Waals surface area contributed by atoms with Crippen LogP contribution in [0.4, 0.5) is 10.5 Å². The first-order valence-corrected chi connectivity index (χ1v) is 11.5. The molecule has 1 N–H and O–H groups in total. The lowest BCUT2D eigenvalue weighted by Gasteiger charge is -2.27. The summed E-state index contributed by atoms with van der Waals surface area (Å²) in [4.78, 5) is 25.4. The summed E-state index contributed by atoms with van der Waals surface area (Å²) in [6, 6.07) is 16.3. The van der Waals surface area contributed by atoms with Crippen molar-refractivity contribution in [2.45, 2.75) is 44.8 Å². The van der Waals surface area contributed by atoms with Crippen LogP contribution in [0.15, 0.2) is 54.6 Å². The summed E-state index contributed by atoms with van der Waals surface area (Å²) in [6.07, 6.45) is 0.916. The average Bonchev–Trinajstić information content (AvgIpc) is 3.41. The van der Waals surface area contributed by atoms with Crippen LogP contribution < -0.4 is 9.62 Å². The molecule has 8 heteroatoms. The number of carbonyl (C=O) groups is 2. The highest BCUT2D eigenvalue weighted by Gasteiger charge is 2.55. The van der Waals surface area contributed by atoms with E-state index in [1.165, 1.54) is 0 Å². The number of nitrogens with zero attached hydrogens (tertiary/aromatic N) is 1. The van der Waals surface area contributed by atoms with Crippen molar-refractivity contribution in [3.05, 3.63) is 54.6 Å². The number of amides is 2. The van der Waals surface area contributed by atoms with Crippen molar-refractivity contribution in [1.82, 2.24) is 5.32 Å². The molecule has 0 spiro atoms. The molecule has 0 saturated heterocycles. The second kappa shape index (κ2) is 7.75. The summed E-state index contributed by atoms with van der Waals surface area (Å²) in [5.74, 6) is -0.691. The molecule has 7 nitrogen and oxygen atoms in total. The van der Waals surface area contributed by atoms with Crippen molar-refractivity contribution in [1.29, 1.82) is 0 Å². The minimum Gasteiger partial charge on any atom is -0.444 e. The Kier molecular flexibility index (Phi) is 5.64. The number of anilines is 1. The molecule has 0 unspecified atom stereocenters. The van der Waals surface area contributed by atoms with Gasteiger partial charge < -0.3 is 10.1 Å². The third-order valence-corrected chi connectivity index (χ3v) is 5.66. The number of carbonyl (C=O) groups excluding carboxylic acids is 2. The van der Waals surface area contributed by atoms with Crippen LogP contribution in [-0.4, -0.2) is 37.8 Å². The summed E-state index contributed by atoms with van der Waals surface area (Å²) in [6.45, 7) is 5.14. The molecule has 0 aromatic heterocycles. The van der Waals surface area contributed by atoms with E-state index in [1.54, 1.807) is 45.0 Å². The fraction of sp³-hybridized carbons (Fsp3) is 0.364. The molecule has 0 aliphatic heterocycles. The molecule has 0 bridgehead atoms. The van der Waals surface area contributed by atoms with Crippen LogP contribution in [0.1, 0.15) is 33.6 Å². The maximum absolute atomic E-state index is 13.2. The Labute approximate surface area is 177 Å². The van der Waals surface area contributed by atoms with Crippen LogP contribution in [-0.2, 0) is 19.6 Å². The van der Waals surface area contributed by atoms with Crippen molar-refractivity contribution >= 4 is 27.7 Å². The van der Waals surface area contributed by atoms with Gasteiger partial charge in [-0.2, -0.15) is 0 Å². The molecule has 1 aliphatic rings. The third-order valence-electron chi connectivity index (χ3n) is 4.62. The molecule has 0 heterocycles. The highest BCUT2D eigenvalue weighted by molar-refractivity contribution is 7.92. The Morgan fingerprint density at radius 2 is 1.50 bits per heavy atom. The first kappa shape index (κ1) is 21.8. The number of hydrogen-bond donors (Lipinski definition) is 1. The fourth-order valence-corrected chi connectivity index (χ4v) is 4.07. The van der Waals surface area contributed by atoms with E-state index >= 15 is 0 Å². The van der Waals surface area contributed by atoms with Crippen LogP contribution in [0.25, 0.3) is 11.1 Å². The highest BCUT2D eigenvalue weighted by atomic mass is 32.2. The second-order valence-corrected chi connectivity index (χ2v) is 10.3. The molecule has 0 radical (unpaired) electrons.